The summed E-state index contributed by atoms with van der Waals surface area (Å²) in [5.74, 6) is 0.352. The fraction of sp³-hybridized carbons (Fsp3) is 0.333. The van der Waals surface area contributed by atoms with Gasteiger partial charge in [-0.3, -0.25) is 0 Å². The van der Waals surface area contributed by atoms with Crippen LogP contribution in [0.3, 0.4) is 0 Å². The monoisotopic (exact) mass is 284 g/mol. The summed E-state index contributed by atoms with van der Waals surface area (Å²) in [4.78, 5) is 0. The van der Waals surface area contributed by atoms with E-state index >= 15 is 0 Å². The van der Waals surface area contributed by atoms with Crippen LogP contribution in [0.1, 0.15) is 30.9 Å². The molecule has 0 aliphatic carbocycles. The van der Waals surface area contributed by atoms with Crippen molar-refractivity contribution in [2.45, 2.75) is 31.9 Å². The van der Waals surface area contributed by atoms with Crippen molar-refractivity contribution in [3.63, 3.8) is 0 Å². The fourth-order valence-electron chi connectivity index (χ4n) is 2.51. The molecule has 2 rings (SSSR count). The molecule has 0 bridgehead atoms. The van der Waals surface area contributed by atoms with Crippen LogP contribution in [-0.2, 0) is 4.43 Å². The molecule has 0 unspecified atom stereocenters. The number of rotatable bonds is 7. The first-order chi connectivity index (χ1) is 9.85. The molecule has 2 aromatic rings. The van der Waals surface area contributed by atoms with E-state index in [0.717, 1.165) is 6.61 Å². The quantitative estimate of drug-likeness (QED) is 0.675. The van der Waals surface area contributed by atoms with Crippen molar-refractivity contribution >= 4 is 9.04 Å². The maximum atomic E-state index is 6.25. The van der Waals surface area contributed by atoms with E-state index in [4.69, 9.17) is 4.43 Å². The molecule has 20 heavy (non-hydrogen) atoms. The van der Waals surface area contributed by atoms with Crippen molar-refractivity contribution in [1.29, 1.82) is 0 Å². The average molecular weight is 284 g/mol. The highest BCUT2D eigenvalue weighted by Crippen LogP contribution is 2.25. The standard InChI is InChI=1S/C18H24OSi/c1-3-20(4-2)19-15-18(16-11-7-5-8-12-16)17-13-9-6-10-14-17/h5-14,18,20H,3-4,15H2,1-2H3. The molecular formula is C18H24OSi. The largest absolute Gasteiger partial charge is 0.419 e. The first kappa shape index (κ1) is 15.0. The zero-order chi connectivity index (χ0) is 14.2. The van der Waals surface area contributed by atoms with Gasteiger partial charge in [0.1, 0.15) is 0 Å². The first-order valence-corrected chi connectivity index (χ1v) is 9.67. The summed E-state index contributed by atoms with van der Waals surface area (Å²) < 4.78 is 6.25. The van der Waals surface area contributed by atoms with Crippen LogP contribution in [0.5, 0.6) is 0 Å². The van der Waals surface area contributed by atoms with E-state index in [-0.39, 0.29) is 0 Å². The third kappa shape index (κ3) is 4.05. The summed E-state index contributed by atoms with van der Waals surface area (Å²) in [5.41, 5.74) is 2.69. The predicted octanol–water partition coefficient (Wildman–Crippen LogP) is 4.60. The Bertz CT molecular complexity index is 440. The first-order valence-electron chi connectivity index (χ1n) is 7.56. The number of hydrogen-bond acceptors (Lipinski definition) is 1. The normalized spacial score (nSPS) is 11.2. The van der Waals surface area contributed by atoms with Crippen LogP contribution in [0.2, 0.25) is 12.1 Å². The molecule has 0 spiro atoms. The van der Waals surface area contributed by atoms with E-state index in [1.165, 1.54) is 23.2 Å². The van der Waals surface area contributed by atoms with E-state index in [1.54, 1.807) is 0 Å². The fourth-order valence-corrected chi connectivity index (χ4v) is 4.03. The Kier molecular flexibility index (Phi) is 6.03. The van der Waals surface area contributed by atoms with Gasteiger partial charge in [0.25, 0.3) is 0 Å². The number of hydrogen-bond donors (Lipinski definition) is 0. The van der Waals surface area contributed by atoms with Crippen molar-refractivity contribution in [3.05, 3.63) is 71.8 Å². The van der Waals surface area contributed by atoms with Crippen molar-refractivity contribution in [2.24, 2.45) is 0 Å². The highest BCUT2D eigenvalue weighted by molar-refractivity contribution is 6.51. The molecule has 2 aromatic carbocycles. The second-order valence-electron chi connectivity index (χ2n) is 5.15. The lowest BCUT2D eigenvalue weighted by atomic mass is 9.92. The topological polar surface area (TPSA) is 9.23 Å². The van der Waals surface area contributed by atoms with Crippen LogP contribution in [0.4, 0.5) is 0 Å². The van der Waals surface area contributed by atoms with Crippen molar-refractivity contribution in [3.8, 4) is 0 Å². The molecule has 0 aromatic heterocycles. The second kappa shape index (κ2) is 8.03. The van der Waals surface area contributed by atoms with Gasteiger partial charge in [-0.25, -0.2) is 0 Å². The molecule has 0 atom stereocenters. The summed E-state index contributed by atoms with van der Waals surface area (Å²) in [5, 5.41) is 0. The van der Waals surface area contributed by atoms with Gasteiger partial charge < -0.3 is 4.43 Å². The molecule has 106 valence electrons. The summed E-state index contributed by atoms with van der Waals surface area (Å²) in [7, 11) is -0.995. The molecule has 1 nitrogen and oxygen atoms in total. The highest BCUT2D eigenvalue weighted by atomic mass is 28.3. The Morgan fingerprint density at radius 2 is 1.25 bits per heavy atom. The van der Waals surface area contributed by atoms with E-state index in [2.05, 4.69) is 74.5 Å². The van der Waals surface area contributed by atoms with Crippen LogP contribution in [0.15, 0.2) is 60.7 Å². The minimum atomic E-state index is -0.995. The molecule has 0 heterocycles. The molecular weight excluding hydrogens is 260 g/mol. The Balaban J connectivity index is 2.17. The molecule has 2 heteroatoms. The molecule has 0 saturated heterocycles. The van der Waals surface area contributed by atoms with Crippen LogP contribution < -0.4 is 0 Å². The molecule has 0 N–H and O–H groups in total. The summed E-state index contributed by atoms with van der Waals surface area (Å²) in [6, 6.07) is 23.8. The Morgan fingerprint density at radius 3 is 1.65 bits per heavy atom. The van der Waals surface area contributed by atoms with Crippen molar-refractivity contribution < 1.29 is 4.43 Å². The van der Waals surface area contributed by atoms with Gasteiger partial charge in [-0.15, -0.1) is 0 Å². The second-order valence-corrected chi connectivity index (χ2v) is 8.36. The molecule has 0 saturated carbocycles. The van der Waals surface area contributed by atoms with Crippen molar-refractivity contribution in [1.82, 2.24) is 0 Å². The lowest BCUT2D eigenvalue weighted by Gasteiger charge is -2.21. The van der Waals surface area contributed by atoms with Gasteiger partial charge in [0.2, 0.25) is 0 Å². The maximum absolute atomic E-state index is 6.25. The van der Waals surface area contributed by atoms with Gasteiger partial charge in [-0.2, -0.15) is 0 Å². The third-order valence-electron chi connectivity index (χ3n) is 3.81. The van der Waals surface area contributed by atoms with Crippen molar-refractivity contribution in [2.75, 3.05) is 6.61 Å². The Labute approximate surface area is 124 Å². The number of benzene rings is 2. The molecule has 0 fully saturated rings. The van der Waals surface area contributed by atoms with Gasteiger partial charge in [0.05, 0.1) is 0 Å². The SMILES string of the molecule is CC[SiH](CC)OCC(c1ccccc1)c1ccccc1. The van der Waals surface area contributed by atoms with E-state index in [1.807, 2.05) is 0 Å². The predicted molar refractivity (Wildman–Crippen MR) is 88.8 cm³/mol. The van der Waals surface area contributed by atoms with Gasteiger partial charge in [-0.1, -0.05) is 74.5 Å². The minimum absolute atomic E-state index is 0.352. The van der Waals surface area contributed by atoms with Gasteiger partial charge in [-0.05, 0) is 23.2 Å². The van der Waals surface area contributed by atoms with Gasteiger partial charge >= 0.3 is 0 Å². The maximum Gasteiger partial charge on any atom is 0.176 e. The molecule has 0 radical (unpaired) electrons. The highest BCUT2D eigenvalue weighted by Gasteiger charge is 2.16. The van der Waals surface area contributed by atoms with Gasteiger partial charge in [0.15, 0.2) is 9.04 Å². The van der Waals surface area contributed by atoms with E-state index in [0.29, 0.717) is 5.92 Å². The smallest absolute Gasteiger partial charge is 0.176 e. The van der Waals surface area contributed by atoms with Crippen LogP contribution in [0, 0.1) is 0 Å². The van der Waals surface area contributed by atoms with Crippen LogP contribution in [-0.4, -0.2) is 15.6 Å². The molecule has 0 aliphatic heterocycles. The lowest BCUT2D eigenvalue weighted by molar-refractivity contribution is 0.304. The Hall–Kier alpha value is -1.38. The summed E-state index contributed by atoms with van der Waals surface area (Å²) in [6.45, 7) is 5.31. The van der Waals surface area contributed by atoms with Gasteiger partial charge in [0, 0.05) is 12.5 Å². The zero-order valence-corrected chi connectivity index (χ0v) is 13.6. The van der Waals surface area contributed by atoms with E-state index in [9.17, 15) is 0 Å². The average Bonchev–Trinajstić information content (AvgIpc) is 2.53. The minimum Gasteiger partial charge on any atom is -0.419 e. The third-order valence-corrected chi connectivity index (χ3v) is 6.30. The van der Waals surface area contributed by atoms with Crippen LogP contribution in [0.25, 0.3) is 0 Å². The molecule has 0 amide bonds. The zero-order valence-electron chi connectivity index (χ0n) is 12.5. The van der Waals surface area contributed by atoms with E-state index < -0.39 is 9.04 Å². The van der Waals surface area contributed by atoms with Crippen LogP contribution >= 0.6 is 0 Å². The lowest BCUT2D eigenvalue weighted by Crippen LogP contribution is -2.20. The Morgan fingerprint density at radius 1 is 0.800 bits per heavy atom. The summed E-state index contributed by atoms with van der Waals surface area (Å²) >= 11 is 0. The molecule has 0 aliphatic rings. The summed E-state index contributed by atoms with van der Waals surface area (Å²) in [6.07, 6.45) is 0.